The van der Waals surface area contributed by atoms with E-state index in [2.05, 4.69) is 10.6 Å². The van der Waals surface area contributed by atoms with Crippen LogP contribution in [0.3, 0.4) is 0 Å². The molecule has 0 aromatic carbocycles. The van der Waals surface area contributed by atoms with Crippen LogP contribution in [-0.2, 0) is 9.59 Å². The summed E-state index contributed by atoms with van der Waals surface area (Å²) < 4.78 is 37.8. The van der Waals surface area contributed by atoms with E-state index in [4.69, 9.17) is 0 Å². The fourth-order valence-electron chi connectivity index (χ4n) is 2.25. The summed E-state index contributed by atoms with van der Waals surface area (Å²) in [6.45, 7) is 2.96. The molecule has 1 fully saturated rings. The van der Waals surface area contributed by atoms with Crippen molar-refractivity contribution in [3.05, 3.63) is 0 Å². The van der Waals surface area contributed by atoms with Crippen molar-refractivity contribution in [3.8, 4) is 0 Å². The van der Waals surface area contributed by atoms with E-state index >= 15 is 0 Å². The normalized spacial score (nSPS) is 23.2. The Balaban J connectivity index is 2.74. The Morgan fingerprint density at radius 1 is 1.38 bits per heavy atom. The lowest BCUT2D eigenvalue weighted by atomic mass is 9.97. The van der Waals surface area contributed by atoms with Crippen molar-refractivity contribution in [1.82, 2.24) is 10.6 Å². The van der Waals surface area contributed by atoms with Crippen molar-refractivity contribution in [2.45, 2.75) is 63.9 Å². The first kappa shape index (κ1) is 17.7. The van der Waals surface area contributed by atoms with Gasteiger partial charge in [-0.15, -0.1) is 0 Å². The minimum Gasteiger partial charge on any atom is -0.382 e. The molecule has 0 aliphatic carbocycles. The SMILES string of the molecule is CC(C)[C@H](NC(=O)C1CCCCC(=O)N1)[C@H](O)C(F)(F)F. The molecule has 0 saturated carbocycles. The van der Waals surface area contributed by atoms with E-state index in [1.54, 1.807) is 0 Å². The fraction of sp³-hybridized carbons (Fsp3) is 0.846. The van der Waals surface area contributed by atoms with E-state index in [-0.39, 0.29) is 5.91 Å². The second-order valence-corrected chi connectivity index (χ2v) is 5.63. The second kappa shape index (κ2) is 7.11. The van der Waals surface area contributed by atoms with E-state index in [1.807, 2.05) is 0 Å². The number of rotatable bonds is 4. The van der Waals surface area contributed by atoms with Gasteiger partial charge in [-0.2, -0.15) is 13.2 Å². The monoisotopic (exact) mass is 310 g/mol. The smallest absolute Gasteiger partial charge is 0.382 e. The van der Waals surface area contributed by atoms with Crippen molar-refractivity contribution in [2.75, 3.05) is 0 Å². The van der Waals surface area contributed by atoms with Crippen LogP contribution in [0.5, 0.6) is 0 Å². The van der Waals surface area contributed by atoms with Gasteiger partial charge in [-0.25, -0.2) is 0 Å². The third-order valence-electron chi connectivity index (χ3n) is 3.50. The van der Waals surface area contributed by atoms with Crippen molar-refractivity contribution in [1.29, 1.82) is 0 Å². The van der Waals surface area contributed by atoms with E-state index in [1.165, 1.54) is 13.8 Å². The molecular formula is C13H21F3N2O3. The number of aliphatic hydroxyl groups excluding tert-OH is 1. The Morgan fingerprint density at radius 3 is 2.52 bits per heavy atom. The third kappa shape index (κ3) is 5.18. The van der Waals surface area contributed by atoms with Gasteiger partial charge in [-0.05, 0) is 18.8 Å². The van der Waals surface area contributed by atoms with Crippen LogP contribution in [-0.4, -0.2) is 41.3 Å². The number of halogens is 3. The number of hydrogen-bond donors (Lipinski definition) is 3. The fourth-order valence-corrected chi connectivity index (χ4v) is 2.25. The third-order valence-corrected chi connectivity index (χ3v) is 3.50. The predicted octanol–water partition coefficient (Wildman–Crippen LogP) is 1.11. The van der Waals surface area contributed by atoms with Crippen LogP contribution in [0.25, 0.3) is 0 Å². The summed E-state index contributed by atoms with van der Waals surface area (Å²) in [6, 6.07) is -2.29. The molecule has 21 heavy (non-hydrogen) atoms. The van der Waals surface area contributed by atoms with Crippen LogP contribution in [0.1, 0.15) is 39.5 Å². The Labute approximate surface area is 121 Å². The lowest BCUT2D eigenvalue weighted by Gasteiger charge is -2.30. The maximum Gasteiger partial charge on any atom is 0.416 e. The van der Waals surface area contributed by atoms with Crippen LogP contribution in [0.4, 0.5) is 13.2 Å². The zero-order chi connectivity index (χ0) is 16.2. The molecule has 3 atom stereocenters. The molecule has 1 aliphatic heterocycles. The van der Waals surface area contributed by atoms with Crippen molar-refractivity contribution in [3.63, 3.8) is 0 Å². The lowest BCUT2D eigenvalue weighted by molar-refractivity contribution is -0.215. The van der Waals surface area contributed by atoms with Crippen LogP contribution in [0, 0.1) is 5.92 Å². The Bertz CT molecular complexity index is 385. The van der Waals surface area contributed by atoms with Crippen LogP contribution < -0.4 is 10.6 Å². The molecule has 1 unspecified atom stereocenters. The van der Waals surface area contributed by atoms with Gasteiger partial charge in [0.25, 0.3) is 0 Å². The number of nitrogens with one attached hydrogen (secondary N) is 2. The zero-order valence-corrected chi connectivity index (χ0v) is 12.0. The quantitative estimate of drug-likeness (QED) is 0.728. The molecule has 2 amide bonds. The first-order valence-corrected chi connectivity index (χ1v) is 6.97. The Morgan fingerprint density at radius 2 is 2.00 bits per heavy atom. The van der Waals surface area contributed by atoms with Crippen LogP contribution in [0.15, 0.2) is 0 Å². The molecule has 0 aromatic rings. The highest BCUT2D eigenvalue weighted by molar-refractivity contribution is 5.88. The van der Waals surface area contributed by atoms with Gasteiger partial charge in [0.15, 0.2) is 6.10 Å². The summed E-state index contributed by atoms with van der Waals surface area (Å²) >= 11 is 0. The summed E-state index contributed by atoms with van der Waals surface area (Å²) in [7, 11) is 0. The van der Waals surface area contributed by atoms with Gasteiger partial charge in [0, 0.05) is 6.42 Å². The molecule has 1 heterocycles. The number of alkyl halides is 3. The summed E-state index contributed by atoms with van der Waals surface area (Å²) in [5, 5.41) is 14.0. The molecule has 0 aromatic heterocycles. The zero-order valence-electron chi connectivity index (χ0n) is 12.0. The first-order chi connectivity index (χ1) is 9.62. The van der Waals surface area contributed by atoms with E-state index < -0.39 is 36.2 Å². The molecule has 1 saturated heterocycles. The number of aliphatic hydroxyl groups is 1. The van der Waals surface area contributed by atoms with Crippen molar-refractivity contribution in [2.24, 2.45) is 5.92 Å². The predicted molar refractivity (Wildman–Crippen MR) is 69.2 cm³/mol. The maximum absolute atomic E-state index is 12.6. The molecule has 0 spiro atoms. The van der Waals surface area contributed by atoms with Gasteiger partial charge in [0.05, 0.1) is 6.04 Å². The minimum absolute atomic E-state index is 0.287. The molecule has 122 valence electrons. The van der Waals surface area contributed by atoms with Gasteiger partial charge in [-0.1, -0.05) is 20.3 Å². The van der Waals surface area contributed by atoms with Gasteiger partial charge in [-0.3, -0.25) is 9.59 Å². The second-order valence-electron chi connectivity index (χ2n) is 5.63. The Hall–Kier alpha value is -1.31. The summed E-state index contributed by atoms with van der Waals surface area (Å²) in [5.74, 6) is -1.58. The Kier molecular flexibility index (Phi) is 6.00. The number of carbonyl (C=O) groups excluding carboxylic acids is 2. The average molecular weight is 310 g/mol. The maximum atomic E-state index is 12.6. The molecule has 1 rings (SSSR count). The van der Waals surface area contributed by atoms with Crippen LogP contribution >= 0.6 is 0 Å². The minimum atomic E-state index is -4.81. The molecule has 3 N–H and O–H groups in total. The van der Waals surface area contributed by atoms with Gasteiger partial charge < -0.3 is 15.7 Å². The topological polar surface area (TPSA) is 78.4 Å². The highest BCUT2D eigenvalue weighted by Crippen LogP contribution is 2.25. The van der Waals surface area contributed by atoms with E-state index in [0.29, 0.717) is 25.7 Å². The highest BCUT2D eigenvalue weighted by atomic mass is 19.4. The summed E-state index contributed by atoms with van der Waals surface area (Å²) in [6.07, 6.45) is -5.47. The van der Waals surface area contributed by atoms with Crippen molar-refractivity contribution >= 4 is 11.8 Å². The first-order valence-electron chi connectivity index (χ1n) is 6.97. The number of carbonyl (C=O) groups is 2. The van der Waals surface area contributed by atoms with Crippen LogP contribution in [0.2, 0.25) is 0 Å². The summed E-state index contributed by atoms with van der Waals surface area (Å²) in [5.41, 5.74) is 0. The highest BCUT2D eigenvalue weighted by Gasteiger charge is 2.45. The number of hydrogen-bond acceptors (Lipinski definition) is 3. The summed E-state index contributed by atoms with van der Waals surface area (Å²) in [4.78, 5) is 23.4. The molecule has 0 radical (unpaired) electrons. The van der Waals surface area contributed by atoms with Gasteiger partial charge in [0.1, 0.15) is 6.04 Å². The van der Waals surface area contributed by atoms with E-state index in [9.17, 15) is 27.9 Å². The molecule has 1 aliphatic rings. The largest absolute Gasteiger partial charge is 0.416 e. The lowest BCUT2D eigenvalue weighted by Crippen LogP contribution is -2.57. The van der Waals surface area contributed by atoms with Crippen molar-refractivity contribution < 1.29 is 27.9 Å². The molecule has 0 bridgehead atoms. The molecule has 5 nitrogen and oxygen atoms in total. The molecular weight excluding hydrogens is 289 g/mol. The van der Waals surface area contributed by atoms with E-state index in [0.717, 1.165) is 0 Å². The van der Waals surface area contributed by atoms with Gasteiger partial charge in [0.2, 0.25) is 11.8 Å². The average Bonchev–Trinajstić information content (AvgIpc) is 2.58. The standard InChI is InChI=1S/C13H21F3N2O3/c1-7(2)10(11(20)13(14,15)16)18-12(21)8-5-3-4-6-9(19)17-8/h7-8,10-11,20H,3-6H2,1-2H3,(H,17,19)(H,18,21)/t8?,10-,11-/m0/s1. The number of amides is 2. The molecule has 8 heteroatoms. The van der Waals surface area contributed by atoms with Gasteiger partial charge >= 0.3 is 6.18 Å².